The zero-order valence-electron chi connectivity index (χ0n) is 15.5. The van der Waals surface area contributed by atoms with E-state index in [4.69, 9.17) is 23.2 Å². The minimum Gasteiger partial charge on any atom is -0.393 e. The minimum absolute atomic E-state index is 0. The second-order valence-electron chi connectivity index (χ2n) is 6.38. The number of piperidine rings is 1. The molecule has 1 aromatic rings. The molecule has 0 radical (unpaired) electrons. The molecule has 0 unspecified atom stereocenters. The molecule has 1 aromatic heterocycles. The van der Waals surface area contributed by atoms with Gasteiger partial charge in [0.25, 0.3) is 0 Å². The molecule has 1 aliphatic rings. The van der Waals surface area contributed by atoms with Crippen LogP contribution in [0.3, 0.4) is 0 Å². The van der Waals surface area contributed by atoms with Gasteiger partial charge in [-0.15, -0.1) is 24.0 Å². The first-order chi connectivity index (χ1) is 12.0. The van der Waals surface area contributed by atoms with Crippen LogP contribution >= 0.6 is 47.2 Å². The Morgan fingerprint density at radius 2 is 2.00 bits per heavy atom. The van der Waals surface area contributed by atoms with E-state index in [-0.39, 0.29) is 30.1 Å². The van der Waals surface area contributed by atoms with E-state index in [2.05, 4.69) is 20.5 Å². The molecular formula is C17H30Cl2IN5O. The zero-order chi connectivity index (χ0) is 18.2. The highest BCUT2D eigenvalue weighted by Gasteiger charge is 2.16. The topological polar surface area (TPSA) is 64.8 Å². The maximum absolute atomic E-state index is 9.54. The van der Waals surface area contributed by atoms with Gasteiger partial charge in [0.1, 0.15) is 5.15 Å². The van der Waals surface area contributed by atoms with Crippen LogP contribution in [0.1, 0.15) is 31.9 Å². The Bertz CT molecular complexity index is 574. The molecule has 0 bridgehead atoms. The molecule has 9 heteroatoms. The Hall–Kier alpha value is -0.220. The van der Waals surface area contributed by atoms with E-state index in [9.17, 15) is 5.11 Å². The Morgan fingerprint density at radius 3 is 2.58 bits per heavy atom. The van der Waals surface area contributed by atoms with Gasteiger partial charge in [-0.2, -0.15) is 0 Å². The van der Waals surface area contributed by atoms with Crippen molar-refractivity contribution in [2.75, 3.05) is 32.7 Å². The highest BCUT2D eigenvalue weighted by atomic mass is 127. The summed E-state index contributed by atoms with van der Waals surface area (Å²) in [7, 11) is 1.88. The number of aliphatic imine (C=N–C) groups is 1. The van der Waals surface area contributed by atoms with E-state index in [1.807, 2.05) is 24.6 Å². The largest absolute Gasteiger partial charge is 0.393 e. The third-order valence-electron chi connectivity index (χ3n) is 4.46. The number of nitrogens with zero attached hydrogens (tertiary/aromatic N) is 3. The minimum atomic E-state index is -0.110. The van der Waals surface area contributed by atoms with Crippen LogP contribution in [0.4, 0.5) is 0 Å². The van der Waals surface area contributed by atoms with Gasteiger partial charge in [0.05, 0.1) is 17.7 Å². The molecule has 1 saturated heterocycles. The number of aromatic nitrogens is 1. The number of aliphatic hydroxyl groups is 1. The lowest BCUT2D eigenvalue weighted by Gasteiger charge is -2.29. The molecule has 0 aliphatic carbocycles. The van der Waals surface area contributed by atoms with Crippen molar-refractivity contribution in [2.45, 2.75) is 38.8 Å². The Balaban J connectivity index is 0.00000338. The number of rotatable bonds is 7. The number of guanidine groups is 1. The van der Waals surface area contributed by atoms with E-state index in [0.29, 0.717) is 16.7 Å². The number of halogens is 3. The monoisotopic (exact) mass is 517 g/mol. The standard InChI is InChI=1S/C17H29Cl2N5O.HI/c1-3-20-17(22-12-13-11-15(18)16(19)23(13)2)21-7-4-8-24-9-5-14(25)6-10-24;/h11,14,25H,3-10,12H2,1-2H3,(H2,20,21,22);1H. The van der Waals surface area contributed by atoms with Crippen LogP contribution in [0.5, 0.6) is 0 Å². The molecule has 1 aliphatic heterocycles. The van der Waals surface area contributed by atoms with Crippen LogP contribution in [-0.2, 0) is 13.6 Å². The summed E-state index contributed by atoms with van der Waals surface area (Å²) in [6.07, 6.45) is 2.71. The average Bonchev–Trinajstić information content (AvgIpc) is 2.85. The Labute approximate surface area is 183 Å². The normalized spacial score (nSPS) is 16.4. The highest BCUT2D eigenvalue weighted by Crippen LogP contribution is 2.25. The van der Waals surface area contributed by atoms with Gasteiger partial charge in [-0.3, -0.25) is 0 Å². The maximum atomic E-state index is 9.54. The van der Waals surface area contributed by atoms with E-state index in [1.54, 1.807) is 0 Å². The van der Waals surface area contributed by atoms with Gasteiger partial charge in [-0.1, -0.05) is 23.2 Å². The zero-order valence-corrected chi connectivity index (χ0v) is 19.3. The summed E-state index contributed by atoms with van der Waals surface area (Å²) >= 11 is 12.1. The van der Waals surface area contributed by atoms with Crippen LogP contribution in [0.25, 0.3) is 0 Å². The quantitative estimate of drug-likeness (QED) is 0.225. The van der Waals surface area contributed by atoms with Crippen LogP contribution in [0, 0.1) is 0 Å². The van der Waals surface area contributed by atoms with Crippen LogP contribution < -0.4 is 10.6 Å². The Morgan fingerprint density at radius 1 is 1.31 bits per heavy atom. The van der Waals surface area contributed by atoms with Crippen molar-refractivity contribution >= 4 is 53.1 Å². The van der Waals surface area contributed by atoms with Crippen molar-refractivity contribution in [1.82, 2.24) is 20.1 Å². The molecule has 0 saturated carbocycles. The molecule has 0 atom stereocenters. The first-order valence-corrected chi connectivity index (χ1v) is 9.69. The number of nitrogens with one attached hydrogen (secondary N) is 2. The molecule has 6 nitrogen and oxygen atoms in total. The van der Waals surface area contributed by atoms with Crippen LogP contribution in [-0.4, -0.2) is 59.4 Å². The fourth-order valence-electron chi connectivity index (χ4n) is 2.89. The van der Waals surface area contributed by atoms with E-state index >= 15 is 0 Å². The van der Waals surface area contributed by atoms with E-state index in [0.717, 1.165) is 63.6 Å². The number of hydrogen-bond donors (Lipinski definition) is 3. The smallest absolute Gasteiger partial charge is 0.191 e. The predicted molar refractivity (Wildman–Crippen MR) is 120 cm³/mol. The molecule has 2 heterocycles. The van der Waals surface area contributed by atoms with Gasteiger partial charge < -0.3 is 25.2 Å². The summed E-state index contributed by atoms with van der Waals surface area (Å²) in [5, 5.41) is 17.3. The first-order valence-electron chi connectivity index (χ1n) is 8.93. The molecule has 3 N–H and O–H groups in total. The molecule has 0 spiro atoms. The lowest BCUT2D eigenvalue weighted by molar-refractivity contribution is 0.0823. The summed E-state index contributed by atoms with van der Waals surface area (Å²) in [4.78, 5) is 7.01. The van der Waals surface area contributed by atoms with Crippen molar-refractivity contribution in [1.29, 1.82) is 0 Å². The van der Waals surface area contributed by atoms with Gasteiger partial charge in [0, 0.05) is 38.9 Å². The van der Waals surface area contributed by atoms with Crippen molar-refractivity contribution in [2.24, 2.45) is 12.0 Å². The Kier molecular flexibility index (Phi) is 11.2. The molecule has 26 heavy (non-hydrogen) atoms. The molecule has 0 amide bonds. The second kappa shape index (κ2) is 12.3. The lowest BCUT2D eigenvalue weighted by atomic mass is 10.1. The summed E-state index contributed by atoms with van der Waals surface area (Å²) in [5.74, 6) is 0.796. The maximum Gasteiger partial charge on any atom is 0.191 e. The second-order valence-corrected chi connectivity index (χ2v) is 7.15. The lowest BCUT2D eigenvalue weighted by Crippen LogP contribution is -2.40. The summed E-state index contributed by atoms with van der Waals surface area (Å²) in [6.45, 7) is 7.26. The fraction of sp³-hybridized carbons (Fsp3) is 0.706. The van der Waals surface area contributed by atoms with Crippen molar-refractivity contribution in [3.05, 3.63) is 21.9 Å². The summed E-state index contributed by atoms with van der Waals surface area (Å²) in [6, 6.07) is 1.85. The van der Waals surface area contributed by atoms with E-state index in [1.165, 1.54) is 0 Å². The molecule has 1 fully saturated rings. The third kappa shape index (κ3) is 7.42. The van der Waals surface area contributed by atoms with Crippen molar-refractivity contribution < 1.29 is 5.11 Å². The molecule has 150 valence electrons. The van der Waals surface area contributed by atoms with Gasteiger partial charge in [-0.25, -0.2) is 4.99 Å². The summed E-state index contributed by atoms with van der Waals surface area (Å²) in [5.41, 5.74) is 0.971. The highest BCUT2D eigenvalue weighted by molar-refractivity contribution is 14.0. The SMILES string of the molecule is CCNC(=NCc1cc(Cl)c(Cl)n1C)NCCCN1CCC(O)CC1.I. The van der Waals surface area contributed by atoms with Crippen LogP contribution in [0.15, 0.2) is 11.1 Å². The molecular weight excluding hydrogens is 488 g/mol. The third-order valence-corrected chi connectivity index (χ3v) is 5.30. The number of aliphatic hydroxyl groups excluding tert-OH is 1. The van der Waals surface area contributed by atoms with Gasteiger partial charge >= 0.3 is 0 Å². The molecule has 2 rings (SSSR count). The van der Waals surface area contributed by atoms with E-state index < -0.39 is 0 Å². The first kappa shape index (κ1) is 23.8. The van der Waals surface area contributed by atoms with Gasteiger partial charge in [0.15, 0.2) is 5.96 Å². The van der Waals surface area contributed by atoms with Gasteiger partial charge in [-0.05, 0) is 38.8 Å². The van der Waals surface area contributed by atoms with Crippen molar-refractivity contribution in [3.8, 4) is 0 Å². The molecule has 0 aromatic carbocycles. The predicted octanol–water partition coefficient (Wildman–Crippen LogP) is 2.85. The number of likely N-dealkylation sites (tertiary alicyclic amines) is 1. The van der Waals surface area contributed by atoms with Crippen molar-refractivity contribution in [3.63, 3.8) is 0 Å². The van der Waals surface area contributed by atoms with Gasteiger partial charge in [0.2, 0.25) is 0 Å². The summed E-state index contributed by atoms with van der Waals surface area (Å²) < 4.78 is 1.85. The fourth-order valence-corrected chi connectivity index (χ4v) is 3.31. The average molecular weight is 518 g/mol. The number of hydrogen-bond acceptors (Lipinski definition) is 3. The van der Waals surface area contributed by atoms with Crippen LogP contribution in [0.2, 0.25) is 10.2 Å².